The van der Waals surface area contributed by atoms with E-state index in [0.717, 1.165) is 25.0 Å². The molecule has 1 atom stereocenters. The van der Waals surface area contributed by atoms with Crippen LogP contribution in [0.1, 0.15) is 26.7 Å². The quantitative estimate of drug-likeness (QED) is 0.683. The Labute approximate surface area is 85.8 Å². The SMILES string of the molecule is CCCNC(CC)CSC1COC1. The summed E-state index contributed by atoms with van der Waals surface area (Å²) in [5, 5.41) is 4.34. The second-order valence-electron chi connectivity index (χ2n) is 3.55. The molecule has 0 aliphatic carbocycles. The van der Waals surface area contributed by atoms with E-state index in [1.165, 1.54) is 18.6 Å². The lowest BCUT2D eigenvalue weighted by molar-refractivity contribution is 0.0455. The van der Waals surface area contributed by atoms with Gasteiger partial charge in [0.1, 0.15) is 0 Å². The summed E-state index contributed by atoms with van der Waals surface area (Å²) < 4.78 is 5.14. The van der Waals surface area contributed by atoms with E-state index in [1.807, 2.05) is 0 Å². The van der Waals surface area contributed by atoms with Crippen LogP contribution in [-0.2, 0) is 4.74 Å². The highest BCUT2D eigenvalue weighted by Gasteiger charge is 2.19. The molecule has 1 rings (SSSR count). The highest BCUT2D eigenvalue weighted by molar-refractivity contribution is 8.00. The third-order valence-corrected chi connectivity index (χ3v) is 3.65. The number of rotatable bonds is 7. The van der Waals surface area contributed by atoms with Crippen molar-refractivity contribution < 1.29 is 4.74 Å². The summed E-state index contributed by atoms with van der Waals surface area (Å²) in [5.74, 6) is 1.24. The average Bonchev–Trinajstić information content (AvgIpc) is 2.08. The molecule has 78 valence electrons. The van der Waals surface area contributed by atoms with Gasteiger partial charge in [0.05, 0.1) is 18.5 Å². The van der Waals surface area contributed by atoms with Crippen LogP contribution in [0, 0.1) is 0 Å². The lowest BCUT2D eigenvalue weighted by Gasteiger charge is -2.27. The maximum atomic E-state index is 5.14. The Morgan fingerprint density at radius 2 is 2.23 bits per heavy atom. The van der Waals surface area contributed by atoms with E-state index in [-0.39, 0.29) is 0 Å². The highest BCUT2D eigenvalue weighted by Crippen LogP contribution is 2.20. The van der Waals surface area contributed by atoms with E-state index in [1.54, 1.807) is 0 Å². The van der Waals surface area contributed by atoms with Crippen molar-refractivity contribution in [2.75, 3.05) is 25.5 Å². The van der Waals surface area contributed by atoms with Gasteiger partial charge in [0.15, 0.2) is 0 Å². The Morgan fingerprint density at radius 3 is 2.69 bits per heavy atom. The van der Waals surface area contributed by atoms with Gasteiger partial charge in [-0.2, -0.15) is 11.8 Å². The summed E-state index contributed by atoms with van der Waals surface area (Å²) in [6.07, 6.45) is 2.47. The normalized spacial score (nSPS) is 19.8. The van der Waals surface area contributed by atoms with Crippen molar-refractivity contribution in [1.29, 1.82) is 0 Å². The van der Waals surface area contributed by atoms with E-state index < -0.39 is 0 Å². The third-order valence-electron chi connectivity index (χ3n) is 2.32. The molecule has 0 aromatic carbocycles. The van der Waals surface area contributed by atoms with Gasteiger partial charge in [0.25, 0.3) is 0 Å². The molecule has 2 nitrogen and oxygen atoms in total. The van der Waals surface area contributed by atoms with Crippen LogP contribution in [0.25, 0.3) is 0 Å². The van der Waals surface area contributed by atoms with E-state index >= 15 is 0 Å². The molecule has 1 saturated heterocycles. The topological polar surface area (TPSA) is 21.3 Å². The fraction of sp³-hybridized carbons (Fsp3) is 1.00. The standard InChI is InChI=1S/C10H21NOS/c1-3-5-11-9(4-2)8-13-10-6-12-7-10/h9-11H,3-8H2,1-2H3. The van der Waals surface area contributed by atoms with Crippen LogP contribution in [0.2, 0.25) is 0 Å². The van der Waals surface area contributed by atoms with E-state index in [2.05, 4.69) is 30.9 Å². The van der Waals surface area contributed by atoms with E-state index in [4.69, 9.17) is 4.74 Å². The minimum atomic E-state index is 0.700. The van der Waals surface area contributed by atoms with Crippen LogP contribution >= 0.6 is 11.8 Å². The molecule has 0 saturated carbocycles. The molecule has 1 aliphatic rings. The second-order valence-corrected chi connectivity index (χ2v) is 4.89. The summed E-state index contributed by atoms with van der Waals surface area (Å²) in [5.41, 5.74) is 0. The Kier molecular flexibility index (Phi) is 5.83. The van der Waals surface area contributed by atoms with Gasteiger partial charge in [-0.15, -0.1) is 0 Å². The summed E-state index contributed by atoms with van der Waals surface area (Å²) in [6, 6.07) is 0.700. The maximum absolute atomic E-state index is 5.14. The third kappa shape index (κ3) is 4.34. The first-order valence-corrected chi connectivity index (χ1v) is 6.34. The minimum Gasteiger partial charge on any atom is -0.379 e. The molecule has 0 bridgehead atoms. The molecule has 1 unspecified atom stereocenters. The van der Waals surface area contributed by atoms with Crippen LogP contribution in [0.5, 0.6) is 0 Å². The number of hydrogen-bond acceptors (Lipinski definition) is 3. The Bertz CT molecular complexity index is 128. The van der Waals surface area contributed by atoms with Gasteiger partial charge < -0.3 is 10.1 Å². The smallest absolute Gasteiger partial charge is 0.0607 e. The zero-order chi connectivity index (χ0) is 9.52. The first kappa shape index (κ1) is 11.3. The van der Waals surface area contributed by atoms with Crippen molar-refractivity contribution in [3.8, 4) is 0 Å². The average molecular weight is 203 g/mol. The highest BCUT2D eigenvalue weighted by atomic mass is 32.2. The number of ether oxygens (including phenoxy) is 1. The van der Waals surface area contributed by atoms with Crippen molar-refractivity contribution in [2.24, 2.45) is 0 Å². The van der Waals surface area contributed by atoms with Gasteiger partial charge in [0.2, 0.25) is 0 Å². The first-order chi connectivity index (χ1) is 6.36. The molecule has 0 radical (unpaired) electrons. The minimum absolute atomic E-state index is 0.700. The summed E-state index contributed by atoms with van der Waals surface area (Å²) >= 11 is 2.06. The van der Waals surface area contributed by atoms with Gasteiger partial charge in [0, 0.05) is 11.8 Å². The molecule has 1 aliphatic heterocycles. The van der Waals surface area contributed by atoms with Gasteiger partial charge in [-0.3, -0.25) is 0 Å². The van der Waals surface area contributed by atoms with Gasteiger partial charge in [-0.1, -0.05) is 13.8 Å². The fourth-order valence-corrected chi connectivity index (χ4v) is 2.48. The van der Waals surface area contributed by atoms with Crippen molar-refractivity contribution >= 4 is 11.8 Å². The van der Waals surface area contributed by atoms with E-state index in [9.17, 15) is 0 Å². The molecule has 1 fully saturated rings. The number of thioether (sulfide) groups is 1. The molecular formula is C10H21NOS. The molecule has 0 aromatic rings. The largest absolute Gasteiger partial charge is 0.379 e. The van der Waals surface area contributed by atoms with Crippen LogP contribution in [0.3, 0.4) is 0 Å². The lowest BCUT2D eigenvalue weighted by Crippen LogP contribution is -2.36. The maximum Gasteiger partial charge on any atom is 0.0607 e. The number of hydrogen-bond donors (Lipinski definition) is 1. The molecule has 3 heteroatoms. The summed E-state index contributed by atoms with van der Waals surface area (Å²) in [6.45, 7) is 7.56. The first-order valence-electron chi connectivity index (χ1n) is 5.29. The van der Waals surface area contributed by atoms with Crippen LogP contribution in [-0.4, -0.2) is 36.8 Å². The van der Waals surface area contributed by atoms with Gasteiger partial charge >= 0.3 is 0 Å². The summed E-state index contributed by atoms with van der Waals surface area (Å²) in [4.78, 5) is 0. The summed E-state index contributed by atoms with van der Waals surface area (Å²) in [7, 11) is 0. The molecule has 1 heterocycles. The Morgan fingerprint density at radius 1 is 1.46 bits per heavy atom. The predicted molar refractivity (Wildman–Crippen MR) is 59.4 cm³/mol. The Hall–Kier alpha value is 0.270. The second kappa shape index (κ2) is 6.68. The van der Waals surface area contributed by atoms with Crippen LogP contribution in [0.4, 0.5) is 0 Å². The molecule has 0 spiro atoms. The van der Waals surface area contributed by atoms with Crippen LogP contribution in [0.15, 0.2) is 0 Å². The van der Waals surface area contributed by atoms with Gasteiger partial charge in [-0.25, -0.2) is 0 Å². The molecule has 0 aromatic heterocycles. The molecule has 1 N–H and O–H groups in total. The zero-order valence-electron chi connectivity index (χ0n) is 8.71. The van der Waals surface area contributed by atoms with Crippen molar-refractivity contribution in [1.82, 2.24) is 5.32 Å². The zero-order valence-corrected chi connectivity index (χ0v) is 9.53. The van der Waals surface area contributed by atoms with Crippen molar-refractivity contribution in [2.45, 2.75) is 38.0 Å². The van der Waals surface area contributed by atoms with Crippen molar-refractivity contribution in [3.05, 3.63) is 0 Å². The Balaban J connectivity index is 2.00. The van der Waals surface area contributed by atoms with E-state index in [0.29, 0.717) is 6.04 Å². The van der Waals surface area contributed by atoms with Gasteiger partial charge in [-0.05, 0) is 19.4 Å². The molecule has 0 amide bonds. The molecular weight excluding hydrogens is 182 g/mol. The fourth-order valence-electron chi connectivity index (χ4n) is 1.23. The number of nitrogens with one attached hydrogen (secondary N) is 1. The molecule has 13 heavy (non-hydrogen) atoms. The predicted octanol–water partition coefficient (Wildman–Crippen LogP) is 1.90. The lowest BCUT2D eigenvalue weighted by atomic mass is 10.2. The van der Waals surface area contributed by atoms with Crippen molar-refractivity contribution in [3.63, 3.8) is 0 Å². The van der Waals surface area contributed by atoms with Crippen LogP contribution < -0.4 is 5.32 Å². The monoisotopic (exact) mass is 203 g/mol.